The van der Waals surface area contributed by atoms with Gasteiger partial charge in [-0.2, -0.15) is 0 Å². The van der Waals surface area contributed by atoms with Crippen LogP contribution in [0.1, 0.15) is 96.8 Å². The van der Waals surface area contributed by atoms with E-state index in [1.54, 1.807) is 6.08 Å². The van der Waals surface area contributed by atoms with Crippen molar-refractivity contribution in [1.82, 2.24) is 0 Å². The first kappa shape index (κ1) is 31.8. The molecule has 0 aliphatic rings. The zero-order valence-electron chi connectivity index (χ0n) is 20.3. The lowest BCUT2D eigenvalue weighted by atomic mass is 10.0. The molecule has 0 aromatic carbocycles. The van der Waals surface area contributed by atoms with Gasteiger partial charge in [0, 0.05) is 6.08 Å². The molecule has 0 saturated carbocycles. The molecule has 192 valence electrons. The summed E-state index contributed by atoms with van der Waals surface area (Å²) in [5.74, 6) is -0.661. The van der Waals surface area contributed by atoms with Crippen molar-refractivity contribution in [2.45, 2.75) is 103 Å². The molecular formula is C25H45O7P. The molecule has 0 aromatic rings. The molecule has 0 aromatic heterocycles. The number of phosphoric ester groups is 1. The Morgan fingerprint density at radius 1 is 0.788 bits per heavy atom. The molecule has 33 heavy (non-hydrogen) atoms. The second-order valence-corrected chi connectivity index (χ2v) is 9.51. The molecule has 0 aliphatic carbocycles. The van der Waals surface area contributed by atoms with E-state index in [0.29, 0.717) is 0 Å². The van der Waals surface area contributed by atoms with Crippen LogP contribution in [0.25, 0.3) is 0 Å². The Balaban J connectivity index is 3.52. The fourth-order valence-electron chi connectivity index (χ4n) is 3.17. The van der Waals surface area contributed by atoms with E-state index in [1.807, 2.05) is 12.2 Å². The van der Waals surface area contributed by atoms with Crippen LogP contribution in [0.3, 0.4) is 0 Å². The summed E-state index contributed by atoms with van der Waals surface area (Å²) in [4.78, 5) is 28.5. The van der Waals surface area contributed by atoms with Gasteiger partial charge in [-0.15, -0.1) is 0 Å². The minimum atomic E-state index is -4.65. The van der Waals surface area contributed by atoms with Crippen LogP contribution in [-0.2, 0) is 18.6 Å². The maximum Gasteiger partial charge on any atom is 0.469 e. The van der Waals surface area contributed by atoms with Crippen LogP contribution in [0, 0.1) is 0 Å². The van der Waals surface area contributed by atoms with Crippen LogP contribution in [0.15, 0.2) is 36.5 Å². The van der Waals surface area contributed by atoms with E-state index < -0.39 is 33.1 Å². The van der Waals surface area contributed by atoms with Crippen LogP contribution in [0.4, 0.5) is 0 Å². The van der Waals surface area contributed by atoms with Crippen molar-refractivity contribution in [1.29, 1.82) is 0 Å². The molecular weight excluding hydrogens is 443 g/mol. The van der Waals surface area contributed by atoms with Gasteiger partial charge in [-0.05, 0) is 12.8 Å². The molecule has 0 amide bonds. The molecule has 0 fully saturated rings. The van der Waals surface area contributed by atoms with Crippen LogP contribution in [0.5, 0.6) is 0 Å². The van der Waals surface area contributed by atoms with Crippen molar-refractivity contribution in [2.75, 3.05) is 13.2 Å². The Hall–Kier alpha value is -1.24. The van der Waals surface area contributed by atoms with E-state index >= 15 is 0 Å². The minimum absolute atomic E-state index is 0.411. The Bertz CT molecular complexity index is 596. The topological polar surface area (TPSA) is 113 Å². The van der Waals surface area contributed by atoms with Gasteiger partial charge in [-0.1, -0.05) is 114 Å². The predicted octanol–water partition coefficient (Wildman–Crippen LogP) is 6.15. The summed E-state index contributed by atoms with van der Waals surface area (Å²) in [6, 6.07) is 0. The lowest BCUT2D eigenvalue weighted by molar-refractivity contribution is -0.141. The van der Waals surface area contributed by atoms with E-state index in [1.165, 1.54) is 95.6 Å². The van der Waals surface area contributed by atoms with Gasteiger partial charge >= 0.3 is 13.8 Å². The molecule has 0 aliphatic heterocycles. The zero-order chi connectivity index (χ0) is 24.6. The summed E-state index contributed by atoms with van der Waals surface area (Å²) in [5, 5.41) is 9.40. The van der Waals surface area contributed by atoms with Gasteiger partial charge in [0.2, 0.25) is 0 Å². The number of phosphoric acid groups is 1. The van der Waals surface area contributed by atoms with Crippen LogP contribution < -0.4 is 0 Å². The molecule has 0 bridgehead atoms. The highest BCUT2D eigenvalue weighted by Crippen LogP contribution is 2.35. The van der Waals surface area contributed by atoms with Gasteiger partial charge in [0.05, 0.1) is 6.61 Å². The van der Waals surface area contributed by atoms with Gasteiger partial charge < -0.3 is 19.6 Å². The number of carbonyl (C=O) groups excluding carboxylic acids is 1. The van der Waals surface area contributed by atoms with Crippen molar-refractivity contribution in [3.05, 3.63) is 36.5 Å². The maximum atomic E-state index is 11.5. The van der Waals surface area contributed by atoms with Gasteiger partial charge in [0.1, 0.15) is 12.7 Å². The highest BCUT2D eigenvalue weighted by Gasteiger charge is 2.17. The normalized spacial score (nSPS) is 13.5. The Kier molecular flexibility index (Phi) is 21.7. The largest absolute Gasteiger partial charge is 0.469 e. The molecule has 8 heteroatoms. The molecule has 1 atom stereocenters. The van der Waals surface area contributed by atoms with E-state index in [2.05, 4.69) is 17.5 Å². The molecule has 3 N–H and O–H groups in total. The first-order chi connectivity index (χ1) is 15.8. The SMILES string of the molecule is CCCCCCCCCCCCCCCC=CC=CC=CC(=O)OCC(O)COP(=O)(O)O. The molecule has 0 rings (SSSR count). The minimum Gasteiger partial charge on any atom is -0.460 e. The van der Waals surface area contributed by atoms with Crippen molar-refractivity contribution in [3.63, 3.8) is 0 Å². The maximum absolute atomic E-state index is 11.5. The number of hydrogen-bond acceptors (Lipinski definition) is 5. The average Bonchev–Trinajstić information content (AvgIpc) is 2.77. The number of aliphatic hydroxyl groups excluding tert-OH is 1. The quantitative estimate of drug-likeness (QED) is 0.0551. The smallest absolute Gasteiger partial charge is 0.460 e. The molecule has 7 nitrogen and oxygen atoms in total. The highest BCUT2D eigenvalue weighted by molar-refractivity contribution is 7.46. The summed E-state index contributed by atoms with van der Waals surface area (Å²) >= 11 is 0. The summed E-state index contributed by atoms with van der Waals surface area (Å²) < 4.78 is 19.4. The number of rotatable bonds is 22. The molecule has 0 spiro atoms. The van der Waals surface area contributed by atoms with Gasteiger partial charge in [0.15, 0.2) is 0 Å². The summed E-state index contributed by atoms with van der Waals surface area (Å²) in [5.41, 5.74) is 0. The fraction of sp³-hybridized carbons (Fsp3) is 0.720. The van der Waals surface area contributed by atoms with E-state index in [4.69, 9.17) is 14.5 Å². The average molecular weight is 489 g/mol. The Morgan fingerprint density at radius 3 is 1.85 bits per heavy atom. The number of ether oxygens (including phenoxy) is 1. The third-order valence-corrected chi connectivity index (χ3v) is 5.51. The number of allylic oxidation sites excluding steroid dienone is 5. The van der Waals surface area contributed by atoms with Crippen molar-refractivity contribution >= 4 is 13.8 Å². The van der Waals surface area contributed by atoms with Crippen molar-refractivity contribution < 1.29 is 33.5 Å². The number of hydrogen-bond donors (Lipinski definition) is 3. The van der Waals surface area contributed by atoms with Gasteiger partial charge in [-0.3, -0.25) is 4.52 Å². The highest BCUT2D eigenvalue weighted by atomic mass is 31.2. The third kappa shape index (κ3) is 26.9. The number of unbranched alkanes of at least 4 members (excludes halogenated alkanes) is 13. The monoisotopic (exact) mass is 488 g/mol. The molecule has 0 radical (unpaired) electrons. The molecule has 0 saturated heterocycles. The van der Waals surface area contributed by atoms with Gasteiger partial charge in [-0.25, -0.2) is 9.36 Å². The lowest BCUT2D eigenvalue weighted by Gasteiger charge is -2.11. The number of esters is 1. The van der Waals surface area contributed by atoms with Crippen LogP contribution in [-0.4, -0.2) is 40.2 Å². The van der Waals surface area contributed by atoms with Crippen molar-refractivity contribution in [3.8, 4) is 0 Å². The van der Waals surface area contributed by atoms with E-state index in [-0.39, 0.29) is 0 Å². The lowest BCUT2D eigenvalue weighted by Crippen LogP contribution is -2.22. The summed E-state index contributed by atoms with van der Waals surface area (Å²) in [6.07, 6.45) is 27.6. The van der Waals surface area contributed by atoms with Crippen LogP contribution in [0.2, 0.25) is 0 Å². The molecule has 1 unspecified atom stereocenters. The number of carbonyl (C=O) groups is 1. The first-order valence-corrected chi connectivity index (χ1v) is 13.9. The third-order valence-electron chi connectivity index (χ3n) is 5.03. The summed E-state index contributed by atoms with van der Waals surface area (Å²) in [7, 11) is -4.65. The Labute approximate surface area is 200 Å². The first-order valence-electron chi connectivity index (χ1n) is 12.4. The standard InChI is InChI=1S/C25H45O7P/c1-2-3-4-5-6-7-8-9-10-11-12-13-14-15-16-17-18-19-20-21-25(27)31-22-24(26)23-32-33(28,29)30/h16-21,24,26H,2-15,22-23H2,1H3,(H2,28,29,30). The van der Waals surface area contributed by atoms with Gasteiger partial charge in [0.25, 0.3) is 0 Å². The predicted molar refractivity (Wildman–Crippen MR) is 133 cm³/mol. The second kappa shape index (κ2) is 22.5. The van der Waals surface area contributed by atoms with E-state index in [9.17, 15) is 14.5 Å². The zero-order valence-corrected chi connectivity index (χ0v) is 21.2. The van der Waals surface area contributed by atoms with Crippen LogP contribution >= 0.6 is 7.82 Å². The fourth-order valence-corrected chi connectivity index (χ4v) is 3.54. The Morgan fingerprint density at radius 2 is 1.30 bits per heavy atom. The summed E-state index contributed by atoms with van der Waals surface area (Å²) in [6.45, 7) is 1.23. The van der Waals surface area contributed by atoms with Crippen molar-refractivity contribution in [2.24, 2.45) is 0 Å². The van der Waals surface area contributed by atoms with E-state index in [0.717, 1.165) is 6.42 Å². The second-order valence-electron chi connectivity index (χ2n) is 8.27. The number of aliphatic hydroxyl groups is 1. The molecule has 0 heterocycles.